The van der Waals surface area contributed by atoms with Gasteiger partial charge >= 0.3 is 0 Å². The predicted octanol–water partition coefficient (Wildman–Crippen LogP) is 3.65. The molecular formula is C21H28N2O2S. The minimum absolute atomic E-state index is 0.0409. The Kier molecular flexibility index (Phi) is 6.33. The van der Waals surface area contributed by atoms with E-state index in [1.165, 1.54) is 24.1 Å². The van der Waals surface area contributed by atoms with Crippen LogP contribution in [0, 0.1) is 6.92 Å². The molecule has 140 valence electrons. The van der Waals surface area contributed by atoms with Crippen LogP contribution < -0.4 is 9.62 Å². The van der Waals surface area contributed by atoms with Crippen LogP contribution >= 0.6 is 0 Å². The Morgan fingerprint density at radius 1 is 1.00 bits per heavy atom. The van der Waals surface area contributed by atoms with E-state index in [-0.39, 0.29) is 5.75 Å². The third-order valence-corrected chi connectivity index (χ3v) is 6.17. The molecule has 0 radical (unpaired) electrons. The van der Waals surface area contributed by atoms with E-state index in [9.17, 15) is 8.42 Å². The van der Waals surface area contributed by atoms with E-state index in [1.54, 1.807) is 0 Å². The summed E-state index contributed by atoms with van der Waals surface area (Å²) < 4.78 is 27.1. The van der Waals surface area contributed by atoms with Crippen LogP contribution in [0.1, 0.15) is 36.0 Å². The standard InChI is InChI=1S/C21H28N2O2S/c1-18-6-4-7-20(16-18)17-26(24,25)22-13-5-8-19-9-11-21(12-10-19)23-14-2-3-15-23/h4,6-7,9-12,16,22H,2-3,5,8,13-15,17H2,1H3. The number of hydrogen-bond donors (Lipinski definition) is 1. The van der Waals surface area contributed by atoms with Crippen LogP contribution in [0.15, 0.2) is 48.5 Å². The summed E-state index contributed by atoms with van der Waals surface area (Å²) in [7, 11) is -3.28. The summed E-state index contributed by atoms with van der Waals surface area (Å²) in [4.78, 5) is 2.42. The van der Waals surface area contributed by atoms with Crippen molar-refractivity contribution >= 4 is 15.7 Å². The van der Waals surface area contributed by atoms with Crippen LogP contribution in [0.2, 0.25) is 0 Å². The normalized spacial score (nSPS) is 14.7. The molecule has 26 heavy (non-hydrogen) atoms. The smallest absolute Gasteiger partial charge is 0.215 e. The topological polar surface area (TPSA) is 49.4 Å². The Labute approximate surface area is 157 Å². The van der Waals surface area contributed by atoms with Crippen molar-refractivity contribution in [1.82, 2.24) is 4.72 Å². The first-order valence-electron chi connectivity index (χ1n) is 9.39. The van der Waals surface area contributed by atoms with Crippen LogP contribution in [0.5, 0.6) is 0 Å². The van der Waals surface area contributed by atoms with Gasteiger partial charge in [-0.2, -0.15) is 0 Å². The van der Waals surface area contributed by atoms with E-state index in [2.05, 4.69) is 33.9 Å². The molecular weight excluding hydrogens is 344 g/mol. The zero-order chi connectivity index (χ0) is 18.4. The number of sulfonamides is 1. The number of anilines is 1. The van der Waals surface area contributed by atoms with Crippen LogP contribution in [0.25, 0.3) is 0 Å². The van der Waals surface area contributed by atoms with E-state index in [1.807, 2.05) is 31.2 Å². The lowest BCUT2D eigenvalue weighted by molar-refractivity contribution is 0.578. The summed E-state index contributed by atoms with van der Waals surface area (Å²) in [6, 6.07) is 16.3. The molecule has 1 saturated heterocycles. The maximum Gasteiger partial charge on any atom is 0.215 e. The number of hydrogen-bond acceptors (Lipinski definition) is 3. The SMILES string of the molecule is Cc1cccc(CS(=O)(=O)NCCCc2ccc(N3CCCC3)cc2)c1. The number of benzene rings is 2. The summed E-state index contributed by atoms with van der Waals surface area (Å²) >= 11 is 0. The van der Waals surface area contributed by atoms with E-state index in [4.69, 9.17) is 0 Å². The Morgan fingerprint density at radius 2 is 1.73 bits per heavy atom. The highest BCUT2D eigenvalue weighted by Gasteiger charge is 2.12. The van der Waals surface area contributed by atoms with Crippen molar-refractivity contribution in [3.05, 3.63) is 65.2 Å². The van der Waals surface area contributed by atoms with Gasteiger partial charge in [-0.05, 0) is 55.9 Å². The Bertz CT molecular complexity index is 810. The predicted molar refractivity (Wildman–Crippen MR) is 108 cm³/mol. The lowest BCUT2D eigenvalue weighted by atomic mass is 10.1. The minimum atomic E-state index is -3.28. The van der Waals surface area contributed by atoms with Crippen molar-refractivity contribution < 1.29 is 8.42 Å². The fourth-order valence-electron chi connectivity index (χ4n) is 3.44. The van der Waals surface area contributed by atoms with Gasteiger partial charge in [0.05, 0.1) is 5.75 Å². The van der Waals surface area contributed by atoms with E-state index >= 15 is 0 Å². The van der Waals surface area contributed by atoms with E-state index in [0.29, 0.717) is 6.54 Å². The van der Waals surface area contributed by atoms with Crippen molar-refractivity contribution in [3.8, 4) is 0 Å². The van der Waals surface area contributed by atoms with E-state index in [0.717, 1.165) is 37.1 Å². The summed E-state index contributed by atoms with van der Waals surface area (Å²) in [6.07, 6.45) is 4.25. The molecule has 1 aliphatic rings. The number of nitrogens with one attached hydrogen (secondary N) is 1. The molecule has 0 atom stereocenters. The monoisotopic (exact) mass is 372 g/mol. The molecule has 0 aliphatic carbocycles. The Balaban J connectivity index is 1.43. The van der Waals surface area contributed by atoms with Gasteiger partial charge in [-0.15, -0.1) is 0 Å². The lowest BCUT2D eigenvalue weighted by Crippen LogP contribution is -2.26. The van der Waals surface area contributed by atoms with Crippen molar-refractivity contribution in [1.29, 1.82) is 0 Å². The molecule has 0 unspecified atom stereocenters. The highest BCUT2D eigenvalue weighted by Crippen LogP contribution is 2.20. The second-order valence-electron chi connectivity index (χ2n) is 7.11. The van der Waals surface area contributed by atoms with Gasteiger partial charge in [0.15, 0.2) is 0 Å². The van der Waals surface area contributed by atoms with Gasteiger partial charge < -0.3 is 4.90 Å². The molecule has 1 fully saturated rings. The van der Waals surface area contributed by atoms with Gasteiger partial charge in [0.1, 0.15) is 0 Å². The van der Waals surface area contributed by atoms with Gasteiger partial charge in [0, 0.05) is 25.3 Å². The van der Waals surface area contributed by atoms with Gasteiger partial charge in [-0.3, -0.25) is 0 Å². The molecule has 1 heterocycles. The third kappa shape index (κ3) is 5.58. The van der Waals surface area contributed by atoms with Crippen LogP contribution in [0.4, 0.5) is 5.69 Å². The lowest BCUT2D eigenvalue weighted by Gasteiger charge is -2.17. The van der Waals surface area contributed by atoms with Gasteiger partial charge in [-0.1, -0.05) is 42.0 Å². The quantitative estimate of drug-likeness (QED) is 0.720. The maximum atomic E-state index is 12.2. The fraction of sp³-hybridized carbons (Fsp3) is 0.429. The maximum absolute atomic E-state index is 12.2. The molecule has 0 aromatic heterocycles. The molecule has 4 nitrogen and oxygen atoms in total. The molecule has 2 aromatic carbocycles. The van der Waals surface area contributed by atoms with Gasteiger partial charge in [0.25, 0.3) is 0 Å². The molecule has 1 aliphatic heterocycles. The number of nitrogens with zero attached hydrogens (tertiary/aromatic N) is 1. The summed E-state index contributed by atoms with van der Waals surface area (Å²) in [6.45, 7) is 4.75. The largest absolute Gasteiger partial charge is 0.372 e. The summed E-state index contributed by atoms with van der Waals surface area (Å²) in [5.41, 5.74) is 4.46. The Morgan fingerprint density at radius 3 is 2.42 bits per heavy atom. The van der Waals surface area contributed by atoms with E-state index < -0.39 is 10.0 Å². The molecule has 0 spiro atoms. The third-order valence-electron chi connectivity index (χ3n) is 4.81. The first-order valence-corrected chi connectivity index (χ1v) is 11.0. The van der Waals surface area contributed by atoms with Crippen molar-refractivity contribution in [2.75, 3.05) is 24.5 Å². The molecule has 2 aromatic rings. The molecule has 0 amide bonds. The molecule has 0 bridgehead atoms. The number of aryl methyl sites for hydroxylation is 2. The van der Waals surface area contributed by atoms with Crippen molar-refractivity contribution in [3.63, 3.8) is 0 Å². The average molecular weight is 373 g/mol. The zero-order valence-electron chi connectivity index (χ0n) is 15.4. The summed E-state index contributed by atoms with van der Waals surface area (Å²) in [5, 5.41) is 0. The Hall–Kier alpha value is -1.85. The first-order chi connectivity index (χ1) is 12.5. The molecule has 1 N–H and O–H groups in total. The summed E-state index contributed by atoms with van der Waals surface area (Å²) in [5.74, 6) is 0.0409. The second-order valence-corrected chi connectivity index (χ2v) is 8.91. The highest BCUT2D eigenvalue weighted by atomic mass is 32.2. The zero-order valence-corrected chi connectivity index (χ0v) is 16.3. The van der Waals surface area contributed by atoms with Crippen LogP contribution in [0.3, 0.4) is 0 Å². The minimum Gasteiger partial charge on any atom is -0.372 e. The number of rotatable bonds is 8. The fourth-order valence-corrected chi connectivity index (χ4v) is 4.62. The molecule has 0 saturated carbocycles. The first kappa shape index (κ1) is 18.9. The van der Waals surface area contributed by atoms with Crippen molar-refractivity contribution in [2.45, 2.75) is 38.4 Å². The molecule has 3 rings (SSSR count). The highest BCUT2D eigenvalue weighted by molar-refractivity contribution is 7.88. The van der Waals surface area contributed by atoms with Gasteiger partial charge in [0.2, 0.25) is 10.0 Å². The van der Waals surface area contributed by atoms with Crippen LogP contribution in [-0.2, 0) is 22.2 Å². The molecule has 5 heteroatoms. The van der Waals surface area contributed by atoms with Crippen LogP contribution in [-0.4, -0.2) is 28.1 Å². The van der Waals surface area contributed by atoms with Gasteiger partial charge in [-0.25, -0.2) is 13.1 Å². The average Bonchev–Trinajstić information content (AvgIpc) is 3.13. The van der Waals surface area contributed by atoms with Crippen molar-refractivity contribution in [2.24, 2.45) is 0 Å². The second kappa shape index (κ2) is 8.69.